The van der Waals surface area contributed by atoms with Crippen LogP contribution in [0.3, 0.4) is 0 Å². The molecule has 5 rings (SSSR count). The lowest BCUT2D eigenvalue weighted by Crippen LogP contribution is -2.49. The summed E-state index contributed by atoms with van der Waals surface area (Å²) in [7, 11) is 0. The molecule has 3 aliphatic rings. The summed E-state index contributed by atoms with van der Waals surface area (Å²) in [5.74, 6) is -3.26. The molecule has 1 saturated carbocycles. The average Bonchev–Trinajstić information content (AvgIpc) is 3.27. The molecule has 186 valence electrons. The van der Waals surface area contributed by atoms with Gasteiger partial charge in [0.25, 0.3) is 5.92 Å². The molecule has 1 saturated heterocycles. The maximum absolute atomic E-state index is 15.3. The molecule has 5 nitrogen and oxygen atoms in total. The molecule has 1 aliphatic heterocycles. The Morgan fingerprint density at radius 2 is 1.71 bits per heavy atom. The number of carbonyl (C=O) groups is 2. The smallest absolute Gasteiger partial charge is 0.411 e. The summed E-state index contributed by atoms with van der Waals surface area (Å²) in [5.41, 5.74) is 0.481. The Bertz CT molecular complexity index is 1190. The maximum atomic E-state index is 15.3. The Kier molecular flexibility index (Phi) is 6.09. The summed E-state index contributed by atoms with van der Waals surface area (Å²) in [6, 6.07) is 8.96. The molecule has 2 aromatic carbocycles. The quantitative estimate of drug-likeness (QED) is 0.385. The van der Waals surface area contributed by atoms with Crippen molar-refractivity contribution in [1.82, 2.24) is 4.90 Å². The molecule has 3 atom stereocenters. The third-order valence-corrected chi connectivity index (χ3v) is 7.90. The Hall–Kier alpha value is -2.23. The van der Waals surface area contributed by atoms with Crippen molar-refractivity contribution in [2.45, 2.75) is 76.5 Å². The van der Waals surface area contributed by atoms with Gasteiger partial charge in [0, 0.05) is 26.4 Å². The molecule has 0 bridgehead atoms. The minimum atomic E-state index is -3.14. The van der Waals surface area contributed by atoms with Crippen LogP contribution in [0.4, 0.5) is 19.3 Å². The van der Waals surface area contributed by atoms with E-state index in [0.29, 0.717) is 23.2 Å². The maximum Gasteiger partial charge on any atom is 0.411 e. The van der Waals surface area contributed by atoms with Crippen molar-refractivity contribution in [1.29, 1.82) is 0 Å². The van der Waals surface area contributed by atoms with Crippen molar-refractivity contribution >= 4 is 40.3 Å². The van der Waals surface area contributed by atoms with Crippen molar-refractivity contribution < 1.29 is 23.1 Å². The predicted molar refractivity (Wildman–Crippen MR) is 138 cm³/mol. The molecule has 0 radical (unpaired) electrons. The minimum absolute atomic E-state index is 0.0150. The first-order valence-corrected chi connectivity index (χ1v) is 13.2. The van der Waals surface area contributed by atoms with Crippen LogP contribution in [0.1, 0.15) is 64.0 Å². The van der Waals surface area contributed by atoms with Crippen LogP contribution in [0, 0.1) is 9.49 Å². The summed E-state index contributed by atoms with van der Waals surface area (Å²) < 4.78 is 36.9. The van der Waals surface area contributed by atoms with E-state index in [9.17, 15) is 9.59 Å². The molecule has 0 spiro atoms. The Balaban J connectivity index is 1.41. The van der Waals surface area contributed by atoms with Gasteiger partial charge in [-0.1, -0.05) is 25.0 Å². The molecular formula is C27H29F2IN2O3. The Labute approximate surface area is 217 Å². The van der Waals surface area contributed by atoms with E-state index < -0.39 is 23.7 Å². The zero-order chi connectivity index (χ0) is 25.1. The first kappa shape index (κ1) is 24.5. The zero-order valence-electron chi connectivity index (χ0n) is 20.0. The van der Waals surface area contributed by atoms with Crippen LogP contribution in [0.5, 0.6) is 0 Å². The van der Waals surface area contributed by atoms with E-state index in [4.69, 9.17) is 4.74 Å². The molecule has 8 heteroatoms. The second-order valence-electron chi connectivity index (χ2n) is 10.8. The monoisotopic (exact) mass is 594 g/mol. The molecule has 1 unspecified atom stereocenters. The number of halogens is 3. The molecule has 2 fully saturated rings. The highest BCUT2D eigenvalue weighted by atomic mass is 127. The van der Waals surface area contributed by atoms with Crippen LogP contribution < -0.4 is 5.32 Å². The SMILES string of the molecule is CC(C)(C)OC(=O)N1C2CCCC[C@H]2C[C@H]1C(=O)Nc1ccc2c(c1)C(F)(F)c1cc(I)ccc1-2. The van der Waals surface area contributed by atoms with Gasteiger partial charge in [-0.15, -0.1) is 0 Å². The normalized spacial score (nSPS) is 24.4. The first-order chi connectivity index (χ1) is 16.5. The molecule has 2 aromatic rings. The van der Waals surface area contributed by atoms with Crippen LogP contribution in [-0.4, -0.2) is 34.6 Å². The Morgan fingerprint density at radius 1 is 1.06 bits per heavy atom. The van der Waals surface area contributed by atoms with Gasteiger partial charge in [-0.05, 0) is 104 Å². The van der Waals surface area contributed by atoms with Crippen LogP contribution >= 0.6 is 22.6 Å². The van der Waals surface area contributed by atoms with Crippen LogP contribution in [0.25, 0.3) is 11.1 Å². The number of carbonyl (C=O) groups excluding carboxylic acids is 2. The van der Waals surface area contributed by atoms with Gasteiger partial charge in [0.1, 0.15) is 11.6 Å². The van der Waals surface area contributed by atoms with Gasteiger partial charge < -0.3 is 10.1 Å². The van der Waals surface area contributed by atoms with Gasteiger partial charge in [-0.3, -0.25) is 9.69 Å². The van der Waals surface area contributed by atoms with Gasteiger partial charge in [0.2, 0.25) is 5.91 Å². The fraction of sp³-hybridized carbons (Fsp3) is 0.481. The van der Waals surface area contributed by atoms with Gasteiger partial charge >= 0.3 is 6.09 Å². The molecule has 0 aromatic heterocycles. The van der Waals surface area contributed by atoms with E-state index in [0.717, 1.165) is 29.3 Å². The number of rotatable bonds is 2. The molecule has 35 heavy (non-hydrogen) atoms. The number of likely N-dealkylation sites (tertiary alicyclic amines) is 1. The summed E-state index contributed by atoms with van der Waals surface area (Å²) in [6.07, 6.45) is 3.97. The van der Waals surface area contributed by atoms with Crippen molar-refractivity contribution in [2.24, 2.45) is 5.92 Å². The molecule has 2 aliphatic carbocycles. The van der Waals surface area contributed by atoms with Gasteiger partial charge in [0.05, 0.1) is 0 Å². The number of hydrogen-bond acceptors (Lipinski definition) is 3. The average molecular weight is 594 g/mol. The highest BCUT2D eigenvalue weighted by Crippen LogP contribution is 2.52. The van der Waals surface area contributed by atoms with E-state index in [2.05, 4.69) is 5.32 Å². The summed E-state index contributed by atoms with van der Waals surface area (Å²) in [6.45, 7) is 5.41. The van der Waals surface area contributed by atoms with Gasteiger partial charge in [-0.25, -0.2) is 4.79 Å². The zero-order valence-corrected chi connectivity index (χ0v) is 22.2. The standard InChI is InChI=1S/C27H29F2IN2O3/c1-26(2,3)35-25(34)32-22-7-5-4-6-15(22)12-23(32)24(33)31-17-9-11-19-18-10-8-16(30)13-20(18)27(28,29)21(19)14-17/h8-11,13-15,22-23H,4-7,12H2,1-3H3,(H,31,33)/t15-,22?,23-/m0/s1. The van der Waals surface area contributed by atoms with E-state index in [1.54, 1.807) is 43.9 Å². The molecule has 2 amide bonds. The van der Waals surface area contributed by atoms with Gasteiger partial charge in [-0.2, -0.15) is 8.78 Å². The van der Waals surface area contributed by atoms with Crippen molar-refractivity contribution in [2.75, 3.05) is 5.32 Å². The number of anilines is 1. The number of nitrogens with one attached hydrogen (secondary N) is 1. The third-order valence-electron chi connectivity index (χ3n) is 7.23. The highest BCUT2D eigenvalue weighted by Gasteiger charge is 2.49. The van der Waals surface area contributed by atoms with Crippen molar-refractivity contribution in [3.8, 4) is 11.1 Å². The number of amides is 2. The Morgan fingerprint density at radius 3 is 2.43 bits per heavy atom. The fourth-order valence-corrected chi connectivity index (χ4v) is 6.26. The summed E-state index contributed by atoms with van der Waals surface area (Å²) in [4.78, 5) is 28.1. The summed E-state index contributed by atoms with van der Waals surface area (Å²) >= 11 is 2.03. The minimum Gasteiger partial charge on any atom is -0.444 e. The second-order valence-corrected chi connectivity index (χ2v) is 12.0. The van der Waals surface area contributed by atoms with Gasteiger partial charge in [0.15, 0.2) is 0 Å². The van der Waals surface area contributed by atoms with Crippen LogP contribution in [0.15, 0.2) is 36.4 Å². The first-order valence-electron chi connectivity index (χ1n) is 12.1. The van der Waals surface area contributed by atoms with Crippen molar-refractivity contribution in [3.05, 3.63) is 51.1 Å². The third kappa shape index (κ3) is 4.42. The van der Waals surface area contributed by atoms with E-state index in [-0.39, 0.29) is 29.0 Å². The molecule has 1 heterocycles. The van der Waals surface area contributed by atoms with Crippen LogP contribution in [0.2, 0.25) is 0 Å². The summed E-state index contributed by atoms with van der Waals surface area (Å²) in [5, 5.41) is 2.82. The number of nitrogens with zero attached hydrogens (tertiary/aromatic N) is 1. The second kappa shape index (κ2) is 8.71. The molecular weight excluding hydrogens is 565 g/mol. The molecule has 1 N–H and O–H groups in total. The number of benzene rings is 2. The van der Waals surface area contributed by atoms with E-state index in [1.165, 1.54) is 12.1 Å². The van der Waals surface area contributed by atoms with Crippen LogP contribution in [-0.2, 0) is 15.5 Å². The number of ether oxygens (including phenoxy) is 1. The lowest BCUT2D eigenvalue weighted by molar-refractivity contribution is -0.120. The lowest BCUT2D eigenvalue weighted by atomic mass is 9.85. The fourth-order valence-electron chi connectivity index (χ4n) is 5.77. The van der Waals surface area contributed by atoms with E-state index in [1.807, 2.05) is 28.7 Å². The number of alkyl halides is 2. The largest absolute Gasteiger partial charge is 0.444 e. The predicted octanol–water partition coefficient (Wildman–Crippen LogP) is 6.92. The lowest BCUT2D eigenvalue weighted by Gasteiger charge is -2.34. The number of hydrogen-bond donors (Lipinski definition) is 1. The van der Waals surface area contributed by atoms with Crippen molar-refractivity contribution in [3.63, 3.8) is 0 Å². The van der Waals surface area contributed by atoms with E-state index >= 15 is 8.78 Å². The topological polar surface area (TPSA) is 58.6 Å². The highest BCUT2D eigenvalue weighted by molar-refractivity contribution is 14.1. The number of fused-ring (bicyclic) bond motifs is 4.